The molecule has 1 N–H and O–H groups in total. The van der Waals surface area contributed by atoms with E-state index in [0.29, 0.717) is 35.8 Å². The van der Waals surface area contributed by atoms with Gasteiger partial charge in [0.15, 0.2) is 0 Å². The van der Waals surface area contributed by atoms with Gasteiger partial charge in [-0.3, -0.25) is 9.59 Å². The van der Waals surface area contributed by atoms with Crippen molar-refractivity contribution in [3.05, 3.63) is 59.7 Å². The first-order chi connectivity index (χ1) is 14.0. The third-order valence-corrected chi connectivity index (χ3v) is 4.95. The zero-order valence-corrected chi connectivity index (χ0v) is 17.2. The minimum Gasteiger partial charge on any atom is -0.496 e. The maximum Gasteiger partial charge on any atom is 0.257 e. The van der Waals surface area contributed by atoms with Gasteiger partial charge in [0.05, 0.1) is 18.7 Å². The molecule has 0 radical (unpaired) electrons. The van der Waals surface area contributed by atoms with Crippen LogP contribution in [0.4, 0.5) is 0 Å². The Morgan fingerprint density at radius 3 is 2.55 bits per heavy atom. The molecular formula is C23H28N2O4. The Balaban J connectivity index is 1.61. The van der Waals surface area contributed by atoms with Crippen molar-refractivity contribution in [3.8, 4) is 11.5 Å². The van der Waals surface area contributed by atoms with E-state index in [4.69, 9.17) is 9.47 Å². The number of ether oxygens (including phenoxy) is 2. The zero-order chi connectivity index (χ0) is 20.8. The Bertz CT molecular complexity index is 848. The van der Waals surface area contributed by atoms with Crippen LogP contribution in [-0.2, 0) is 0 Å². The zero-order valence-electron chi connectivity index (χ0n) is 17.2. The van der Waals surface area contributed by atoms with E-state index < -0.39 is 0 Å². The second-order valence-corrected chi connectivity index (χ2v) is 7.46. The molecule has 6 nitrogen and oxygen atoms in total. The molecule has 1 heterocycles. The number of rotatable bonds is 7. The lowest BCUT2D eigenvalue weighted by Gasteiger charge is -2.25. The van der Waals surface area contributed by atoms with Crippen LogP contribution in [0.25, 0.3) is 0 Å². The van der Waals surface area contributed by atoms with Gasteiger partial charge in [-0.25, -0.2) is 0 Å². The molecule has 2 amide bonds. The monoisotopic (exact) mass is 396 g/mol. The average Bonchev–Trinajstić information content (AvgIpc) is 3.20. The summed E-state index contributed by atoms with van der Waals surface area (Å²) in [6.07, 6.45) is 1.85. The predicted molar refractivity (Wildman–Crippen MR) is 112 cm³/mol. The van der Waals surface area contributed by atoms with E-state index in [1.165, 1.54) is 0 Å². The van der Waals surface area contributed by atoms with Gasteiger partial charge in [0.1, 0.15) is 18.1 Å². The average molecular weight is 396 g/mol. The molecule has 2 aromatic carbocycles. The molecule has 1 unspecified atom stereocenters. The van der Waals surface area contributed by atoms with Crippen molar-refractivity contribution in [1.82, 2.24) is 10.2 Å². The lowest BCUT2D eigenvalue weighted by atomic mass is 10.1. The molecule has 3 rings (SSSR count). The van der Waals surface area contributed by atoms with E-state index in [1.807, 2.05) is 30.9 Å². The number of hydrogen-bond acceptors (Lipinski definition) is 4. The molecule has 154 valence electrons. The Hall–Kier alpha value is -3.02. The molecule has 29 heavy (non-hydrogen) atoms. The molecule has 1 atom stereocenters. The molecule has 0 spiro atoms. The molecule has 2 aromatic rings. The van der Waals surface area contributed by atoms with Crippen molar-refractivity contribution in [3.63, 3.8) is 0 Å². The quantitative estimate of drug-likeness (QED) is 0.778. The number of nitrogens with zero attached hydrogens (tertiary/aromatic N) is 1. The van der Waals surface area contributed by atoms with E-state index in [-0.39, 0.29) is 23.9 Å². The first-order valence-corrected chi connectivity index (χ1v) is 9.97. The highest BCUT2D eigenvalue weighted by Crippen LogP contribution is 2.25. The summed E-state index contributed by atoms with van der Waals surface area (Å²) in [6, 6.07) is 14.5. The van der Waals surface area contributed by atoms with Crippen molar-refractivity contribution in [1.29, 1.82) is 0 Å². The molecule has 1 aliphatic rings. The standard InChI is InChI=1S/C23H28N2O4/c1-16(2)24-22(26)17-10-12-19(13-11-17)29-15-18-7-6-14-25(18)23(27)20-8-4-5-9-21(20)28-3/h4-5,8-13,16,18H,6-7,14-15H2,1-3H3,(H,24,26). The number of carbonyl (C=O) groups excluding carboxylic acids is 2. The summed E-state index contributed by atoms with van der Waals surface area (Å²) in [7, 11) is 1.57. The first-order valence-electron chi connectivity index (χ1n) is 9.97. The highest BCUT2D eigenvalue weighted by Gasteiger charge is 2.31. The number of para-hydroxylation sites is 1. The second kappa shape index (κ2) is 9.45. The van der Waals surface area contributed by atoms with E-state index in [2.05, 4.69) is 5.32 Å². The van der Waals surface area contributed by atoms with E-state index in [0.717, 1.165) is 12.8 Å². The Kier molecular flexibility index (Phi) is 6.75. The Morgan fingerprint density at radius 2 is 1.86 bits per heavy atom. The van der Waals surface area contributed by atoms with Crippen molar-refractivity contribution in [2.45, 2.75) is 38.8 Å². The van der Waals surface area contributed by atoms with Crippen molar-refractivity contribution in [2.75, 3.05) is 20.3 Å². The summed E-state index contributed by atoms with van der Waals surface area (Å²) in [5.41, 5.74) is 1.17. The van der Waals surface area contributed by atoms with Crippen LogP contribution in [0.5, 0.6) is 11.5 Å². The fraction of sp³-hybridized carbons (Fsp3) is 0.391. The highest BCUT2D eigenvalue weighted by atomic mass is 16.5. The van der Waals surface area contributed by atoms with Gasteiger partial charge in [-0.2, -0.15) is 0 Å². The largest absolute Gasteiger partial charge is 0.496 e. The van der Waals surface area contributed by atoms with E-state index in [9.17, 15) is 9.59 Å². The minimum atomic E-state index is -0.101. The second-order valence-electron chi connectivity index (χ2n) is 7.46. The third kappa shape index (κ3) is 5.08. The highest BCUT2D eigenvalue weighted by molar-refractivity contribution is 5.97. The van der Waals surface area contributed by atoms with E-state index >= 15 is 0 Å². The maximum absolute atomic E-state index is 13.0. The summed E-state index contributed by atoms with van der Waals surface area (Å²) < 4.78 is 11.3. The molecule has 1 aliphatic heterocycles. The molecule has 6 heteroatoms. The summed E-state index contributed by atoms with van der Waals surface area (Å²) in [4.78, 5) is 26.9. The van der Waals surface area contributed by atoms with Gasteiger partial charge in [-0.05, 0) is 63.1 Å². The third-order valence-electron chi connectivity index (χ3n) is 4.95. The van der Waals surface area contributed by atoms with Crippen LogP contribution in [0.2, 0.25) is 0 Å². The molecule has 0 aliphatic carbocycles. The number of carbonyl (C=O) groups is 2. The number of amides is 2. The number of nitrogens with one attached hydrogen (secondary N) is 1. The minimum absolute atomic E-state index is 0.0105. The van der Waals surface area contributed by atoms with Crippen LogP contribution in [0, 0.1) is 0 Å². The summed E-state index contributed by atoms with van der Waals surface area (Å²) in [5.74, 6) is 1.13. The molecule has 0 aromatic heterocycles. The first kappa shape index (κ1) is 20.7. The lowest BCUT2D eigenvalue weighted by Crippen LogP contribution is -2.39. The van der Waals surface area contributed by atoms with Crippen LogP contribution in [0.3, 0.4) is 0 Å². The molecule has 0 saturated carbocycles. The van der Waals surface area contributed by atoms with Gasteiger partial charge in [0, 0.05) is 18.2 Å². The van der Waals surface area contributed by atoms with Gasteiger partial charge in [0.2, 0.25) is 0 Å². The molecule has 0 bridgehead atoms. The van der Waals surface area contributed by atoms with Crippen LogP contribution in [0.1, 0.15) is 47.4 Å². The lowest BCUT2D eigenvalue weighted by molar-refractivity contribution is 0.0688. The van der Waals surface area contributed by atoms with Gasteiger partial charge in [0.25, 0.3) is 11.8 Å². The van der Waals surface area contributed by atoms with Crippen molar-refractivity contribution < 1.29 is 19.1 Å². The van der Waals surface area contributed by atoms with Gasteiger partial charge in [-0.1, -0.05) is 12.1 Å². The molecule has 1 fully saturated rings. The van der Waals surface area contributed by atoms with Gasteiger partial charge >= 0.3 is 0 Å². The van der Waals surface area contributed by atoms with Crippen molar-refractivity contribution >= 4 is 11.8 Å². The van der Waals surface area contributed by atoms with Gasteiger partial charge in [-0.15, -0.1) is 0 Å². The Morgan fingerprint density at radius 1 is 1.14 bits per heavy atom. The SMILES string of the molecule is COc1ccccc1C(=O)N1CCCC1COc1ccc(C(=O)NC(C)C)cc1. The van der Waals surface area contributed by atoms with Gasteiger partial charge < -0.3 is 19.7 Å². The van der Waals surface area contributed by atoms with Crippen LogP contribution < -0.4 is 14.8 Å². The smallest absolute Gasteiger partial charge is 0.257 e. The van der Waals surface area contributed by atoms with Crippen LogP contribution in [-0.4, -0.2) is 49.1 Å². The Labute approximate surface area is 171 Å². The summed E-state index contributed by atoms with van der Waals surface area (Å²) in [5, 5.41) is 2.86. The normalized spacial score (nSPS) is 16.0. The van der Waals surface area contributed by atoms with Crippen molar-refractivity contribution in [2.24, 2.45) is 0 Å². The fourth-order valence-corrected chi connectivity index (χ4v) is 3.49. The van der Waals surface area contributed by atoms with E-state index in [1.54, 1.807) is 43.5 Å². The number of likely N-dealkylation sites (tertiary alicyclic amines) is 1. The number of methoxy groups -OCH3 is 1. The topological polar surface area (TPSA) is 67.9 Å². The fourth-order valence-electron chi connectivity index (χ4n) is 3.49. The number of benzene rings is 2. The van der Waals surface area contributed by atoms with Crippen LogP contribution in [0.15, 0.2) is 48.5 Å². The maximum atomic E-state index is 13.0. The summed E-state index contributed by atoms with van der Waals surface area (Å²) >= 11 is 0. The molecular weight excluding hydrogens is 368 g/mol. The number of hydrogen-bond donors (Lipinski definition) is 1. The van der Waals surface area contributed by atoms with Crippen LogP contribution >= 0.6 is 0 Å². The molecule has 1 saturated heterocycles. The predicted octanol–water partition coefficient (Wildman–Crippen LogP) is 3.52. The summed E-state index contributed by atoms with van der Waals surface area (Å²) in [6.45, 7) is 4.97.